The number of esters is 1. The number of benzene rings is 2. The maximum absolute atomic E-state index is 12.2. The van der Waals surface area contributed by atoms with Gasteiger partial charge in [0.15, 0.2) is 6.61 Å². The minimum Gasteiger partial charge on any atom is -0.452 e. The molecule has 3 rings (SSSR count). The Hall–Kier alpha value is -2.47. The lowest BCUT2D eigenvalue weighted by Gasteiger charge is -2.06. The van der Waals surface area contributed by atoms with E-state index in [0.29, 0.717) is 17.4 Å². The number of ether oxygens (including phenoxy) is 1. The first-order valence-electron chi connectivity index (χ1n) is 8.36. The van der Waals surface area contributed by atoms with Crippen molar-refractivity contribution in [1.82, 2.24) is 10.2 Å². The smallest absolute Gasteiger partial charge is 0.338 e. The van der Waals surface area contributed by atoms with Gasteiger partial charge >= 0.3 is 5.97 Å². The molecule has 26 heavy (non-hydrogen) atoms. The van der Waals surface area contributed by atoms with Gasteiger partial charge in [0.1, 0.15) is 0 Å². The van der Waals surface area contributed by atoms with Crippen LogP contribution in [0.25, 0.3) is 11.5 Å². The number of nitrogens with zero attached hydrogens (tertiary/aromatic N) is 2. The van der Waals surface area contributed by atoms with E-state index >= 15 is 0 Å². The zero-order valence-electron chi connectivity index (χ0n) is 14.6. The van der Waals surface area contributed by atoms with Crippen LogP contribution in [0.1, 0.15) is 35.7 Å². The zero-order chi connectivity index (χ0) is 18.5. The molecular formula is C20H19BrN2O3. The standard InChI is InChI=1S/C20H19BrN2O3/c1-13(2)11-14-7-9-15(10-8-14)20(24)25-12-18-22-23-19(26-18)16-5-3-4-6-17(16)21/h3-10,13H,11-12H2,1-2H3. The van der Waals surface area contributed by atoms with E-state index in [0.717, 1.165) is 16.5 Å². The van der Waals surface area contributed by atoms with Crippen LogP contribution in [0.3, 0.4) is 0 Å². The van der Waals surface area contributed by atoms with Gasteiger partial charge in [-0.25, -0.2) is 4.79 Å². The number of rotatable bonds is 6. The summed E-state index contributed by atoms with van der Waals surface area (Å²) in [5, 5.41) is 7.93. The highest BCUT2D eigenvalue weighted by Crippen LogP contribution is 2.26. The Morgan fingerprint density at radius 2 is 1.85 bits per heavy atom. The lowest BCUT2D eigenvalue weighted by atomic mass is 10.0. The number of carbonyl (C=O) groups is 1. The van der Waals surface area contributed by atoms with E-state index in [2.05, 4.69) is 40.0 Å². The van der Waals surface area contributed by atoms with Crippen LogP contribution in [0.4, 0.5) is 0 Å². The van der Waals surface area contributed by atoms with Gasteiger partial charge in [0.25, 0.3) is 5.89 Å². The van der Waals surface area contributed by atoms with Crippen LogP contribution in [0.5, 0.6) is 0 Å². The SMILES string of the molecule is CC(C)Cc1ccc(C(=O)OCc2nnc(-c3ccccc3Br)o2)cc1. The van der Waals surface area contributed by atoms with Crippen molar-refractivity contribution in [2.45, 2.75) is 26.9 Å². The van der Waals surface area contributed by atoms with Gasteiger partial charge in [0.05, 0.1) is 11.1 Å². The average molecular weight is 415 g/mol. The zero-order valence-corrected chi connectivity index (χ0v) is 16.2. The molecule has 0 radical (unpaired) electrons. The Kier molecular flexibility index (Phi) is 5.83. The summed E-state index contributed by atoms with van der Waals surface area (Å²) in [6.07, 6.45) is 0.981. The number of carbonyl (C=O) groups excluding carboxylic acids is 1. The molecule has 0 aliphatic rings. The molecule has 2 aromatic carbocycles. The number of halogens is 1. The number of hydrogen-bond acceptors (Lipinski definition) is 5. The molecule has 0 bridgehead atoms. The summed E-state index contributed by atoms with van der Waals surface area (Å²) in [6, 6.07) is 15.0. The van der Waals surface area contributed by atoms with Crippen molar-refractivity contribution in [3.63, 3.8) is 0 Å². The summed E-state index contributed by atoms with van der Waals surface area (Å²) in [7, 11) is 0. The number of aromatic nitrogens is 2. The van der Waals surface area contributed by atoms with Crippen molar-refractivity contribution in [2.75, 3.05) is 0 Å². The van der Waals surface area contributed by atoms with Gasteiger partial charge in [0.2, 0.25) is 5.89 Å². The second kappa shape index (κ2) is 8.27. The third kappa shape index (κ3) is 4.58. The van der Waals surface area contributed by atoms with Gasteiger partial charge in [-0.15, -0.1) is 10.2 Å². The fraction of sp³-hybridized carbons (Fsp3) is 0.250. The van der Waals surface area contributed by atoms with Crippen LogP contribution in [-0.4, -0.2) is 16.2 Å². The maximum atomic E-state index is 12.2. The van der Waals surface area contributed by atoms with Crippen LogP contribution in [0.2, 0.25) is 0 Å². The molecule has 134 valence electrons. The lowest BCUT2D eigenvalue weighted by molar-refractivity contribution is 0.0438. The first-order valence-corrected chi connectivity index (χ1v) is 9.15. The molecule has 0 N–H and O–H groups in total. The molecule has 0 aliphatic carbocycles. The van der Waals surface area contributed by atoms with Gasteiger partial charge in [0, 0.05) is 4.47 Å². The largest absolute Gasteiger partial charge is 0.452 e. The van der Waals surface area contributed by atoms with E-state index in [-0.39, 0.29) is 12.5 Å². The summed E-state index contributed by atoms with van der Waals surface area (Å²) >= 11 is 3.44. The van der Waals surface area contributed by atoms with Gasteiger partial charge in [-0.3, -0.25) is 0 Å². The molecule has 1 heterocycles. The molecule has 6 heteroatoms. The molecule has 0 spiro atoms. The minimum absolute atomic E-state index is 0.0654. The molecule has 0 saturated carbocycles. The quantitative estimate of drug-likeness (QED) is 0.527. The Bertz CT molecular complexity index is 888. The second-order valence-corrected chi connectivity index (χ2v) is 7.21. The highest BCUT2D eigenvalue weighted by molar-refractivity contribution is 9.10. The molecule has 0 saturated heterocycles. The summed E-state index contributed by atoms with van der Waals surface area (Å²) in [5.74, 6) is 0.785. The third-order valence-electron chi connectivity index (χ3n) is 3.73. The Morgan fingerprint density at radius 3 is 2.54 bits per heavy atom. The van der Waals surface area contributed by atoms with Gasteiger partial charge in [-0.2, -0.15) is 0 Å². The summed E-state index contributed by atoms with van der Waals surface area (Å²) in [4.78, 5) is 12.2. The minimum atomic E-state index is -0.415. The van der Waals surface area contributed by atoms with E-state index < -0.39 is 5.97 Å². The van der Waals surface area contributed by atoms with E-state index in [1.165, 1.54) is 5.56 Å². The first-order chi connectivity index (χ1) is 12.5. The summed E-state index contributed by atoms with van der Waals surface area (Å²) < 4.78 is 11.7. The fourth-order valence-corrected chi connectivity index (χ4v) is 2.97. The highest BCUT2D eigenvalue weighted by atomic mass is 79.9. The van der Waals surface area contributed by atoms with E-state index in [1.807, 2.05) is 36.4 Å². The van der Waals surface area contributed by atoms with Crippen molar-refractivity contribution in [3.05, 3.63) is 70.0 Å². The Labute approximate surface area is 160 Å². The van der Waals surface area contributed by atoms with Crippen molar-refractivity contribution < 1.29 is 13.9 Å². The van der Waals surface area contributed by atoms with Gasteiger partial charge < -0.3 is 9.15 Å². The second-order valence-electron chi connectivity index (χ2n) is 6.35. The Morgan fingerprint density at radius 1 is 1.12 bits per heavy atom. The number of hydrogen-bond donors (Lipinski definition) is 0. The topological polar surface area (TPSA) is 65.2 Å². The van der Waals surface area contributed by atoms with Crippen LogP contribution in [0.15, 0.2) is 57.4 Å². The summed E-state index contributed by atoms with van der Waals surface area (Å²) in [5.41, 5.74) is 2.49. The molecule has 0 aliphatic heterocycles. The van der Waals surface area contributed by atoms with E-state index in [1.54, 1.807) is 12.1 Å². The molecule has 0 unspecified atom stereocenters. The lowest BCUT2D eigenvalue weighted by Crippen LogP contribution is -2.05. The van der Waals surface area contributed by atoms with Crippen LogP contribution >= 0.6 is 15.9 Å². The van der Waals surface area contributed by atoms with Gasteiger partial charge in [-0.05, 0) is 58.1 Å². The van der Waals surface area contributed by atoms with Crippen molar-refractivity contribution in [3.8, 4) is 11.5 Å². The molecule has 1 aromatic heterocycles. The van der Waals surface area contributed by atoms with Crippen molar-refractivity contribution in [1.29, 1.82) is 0 Å². The molecule has 0 amide bonds. The van der Waals surface area contributed by atoms with Crippen LogP contribution in [0, 0.1) is 5.92 Å². The fourth-order valence-electron chi connectivity index (χ4n) is 2.51. The normalized spacial score (nSPS) is 10.9. The molecule has 5 nitrogen and oxygen atoms in total. The maximum Gasteiger partial charge on any atom is 0.338 e. The molecule has 0 atom stereocenters. The first kappa shape index (κ1) is 18.3. The van der Waals surface area contributed by atoms with Crippen LogP contribution in [-0.2, 0) is 17.8 Å². The molecule has 3 aromatic rings. The molecular weight excluding hydrogens is 396 g/mol. The van der Waals surface area contributed by atoms with Gasteiger partial charge in [-0.1, -0.05) is 38.1 Å². The highest BCUT2D eigenvalue weighted by Gasteiger charge is 2.14. The van der Waals surface area contributed by atoms with Crippen molar-refractivity contribution in [2.24, 2.45) is 5.92 Å². The van der Waals surface area contributed by atoms with Crippen molar-refractivity contribution >= 4 is 21.9 Å². The monoisotopic (exact) mass is 414 g/mol. The third-order valence-corrected chi connectivity index (χ3v) is 4.42. The molecule has 0 fully saturated rings. The van der Waals surface area contributed by atoms with E-state index in [9.17, 15) is 4.79 Å². The Balaban J connectivity index is 1.61. The predicted molar refractivity (Wildman–Crippen MR) is 102 cm³/mol. The predicted octanol–water partition coefficient (Wildman–Crippen LogP) is 5.05. The summed E-state index contributed by atoms with van der Waals surface area (Å²) in [6.45, 7) is 4.26. The average Bonchev–Trinajstić information content (AvgIpc) is 3.09. The van der Waals surface area contributed by atoms with E-state index in [4.69, 9.17) is 9.15 Å². The van der Waals surface area contributed by atoms with Crippen LogP contribution < -0.4 is 0 Å².